The first-order valence-corrected chi connectivity index (χ1v) is 10.1. The predicted molar refractivity (Wildman–Crippen MR) is 133 cm³/mol. The van der Waals surface area contributed by atoms with Gasteiger partial charge in [0.15, 0.2) is 5.13 Å². The first-order chi connectivity index (χ1) is 11.2. The van der Waals surface area contributed by atoms with Crippen LogP contribution in [0.2, 0.25) is 0 Å². The standard InChI is InChI=1S/C18H34N4S.3BrH/c1-4-6-7-10-20(3)11-8-17-16-19-18(23-17)22-14-12-21(9-5-2)13-15-22;;;/h16H,4-15H2,1-3H3;3*1H. The van der Waals surface area contributed by atoms with Gasteiger partial charge in [0, 0.05) is 43.8 Å². The highest BCUT2D eigenvalue weighted by Crippen LogP contribution is 2.24. The summed E-state index contributed by atoms with van der Waals surface area (Å²) in [5.41, 5.74) is 0. The van der Waals surface area contributed by atoms with Crippen LogP contribution < -0.4 is 4.90 Å². The molecule has 0 spiro atoms. The van der Waals surface area contributed by atoms with E-state index in [-0.39, 0.29) is 50.9 Å². The lowest BCUT2D eigenvalue weighted by Crippen LogP contribution is -2.46. The summed E-state index contributed by atoms with van der Waals surface area (Å²) < 4.78 is 0. The van der Waals surface area contributed by atoms with Crippen LogP contribution in [-0.2, 0) is 6.42 Å². The van der Waals surface area contributed by atoms with E-state index in [9.17, 15) is 0 Å². The monoisotopic (exact) mass is 578 g/mol. The second-order valence-electron chi connectivity index (χ2n) is 6.70. The predicted octanol–water partition coefficient (Wildman–Crippen LogP) is 5.07. The van der Waals surface area contributed by atoms with Crippen molar-refractivity contribution in [2.75, 3.05) is 57.8 Å². The van der Waals surface area contributed by atoms with Crippen molar-refractivity contribution < 1.29 is 0 Å². The number of unbranched alkanes of at least 4 members (excludes halogenated alkanes) is 2. The van der Waals surface area contributed by atoms with Gasteiger partial charge in [-0.3, -0.25) is 4.90 Å². The van der Waals surface area contributed by atoms with Crippen LogP contribution in [0.25, 0.3) is 0 Å². The van der Waals surface area contributed by atoms with E-state index in [1.165, 1.54) is 61.9 Å². The maximum Gasteiger partial charge on any atom is 0.185 e. The second kappa shape index (κ2) is 16.7. The van der Waals surface area contributed by atoms with Crippen molar-refractivity contribution >= 4 is 67.4 Å². The molecule has 1 aromatic heterocycles. The van der Waals surface area contributed by atoms with Crippen LogP contribution in [0.3, 0.4) is 0 Å². The van der Waals surface area contributed by atoms with Gasteiger partial charge in [-0.15, -0.1) is 62.3 Å². The molecule has 0 saturated carbocycles. The summed E-state index contributed by atoms with van der Waals surface area (Å²) in [5.74, 6) is 0. The molecule has 1 aliphatic rings. The van der Waals surface area contributed by atoms with Crippen LogP contribution in [0.15, 0.2) is 6.20 Å². The van der Waals surface area contributed by atoms with Gasteiger partial charge >= 0.3 is 0 Å². The van der Waals surface area contributed by atoms with Crippen LogP contribution in [0.4, 0.5) is 5.13 Å². The van der Waals surface area contributed by atoms with Crippen molar-refractivity contribution in [3.8, 4) is 0 Å². The van der Waals surface area contributed by atoms with Crippen LogP contribution in [-0.4, -0.2) is 67.6 Å². The second-order valence-corrected chi connectivity index (χ2v) is 7.79. The third kappa shape index (κ3) is 10.4. The average Bonchev–Trinajstić information content (AvgIpc) is 3.03. The SMILES string of the molecule is Br.Br.Br.CCCCCN(C)CCc1cnc(N2CCN(CCC)CC2)s1. The zero-order valence-corrected chi connectivity index (χ0v) is 22.4. The summed E-state index contributed by atoms with van der Waals surface area (Å²) in [6.07, 6.45) is 8.46. The fourth-order valence-corrected chi connectivity index (χ4v) is 4.03. The summed E-state index contributed by atoms with van der Waals surface area (Å²) in [6, 6.07) is 0. The number of hydrogen-bond acceptors (Lipinski definition) is 5. The van der Waals surface area contributed by atoms with E-state index in [4.69, 9.17) is 0 Å². The normalized spacial score (nSPS) is 14.5. The Bertz CT molecular complexity index is 440. The third-order valence-corrected chi connectivity index (χ3v) is 5.73. The molecule has 1 fully saturated rings. The zero-order valence-electron chi connectivity index (χ0n) is 16.5. The lowest BCUT2D eigenvalue weighted by Gasteiger charge is -2.34. The van der Waals surface area contributed by atoms with E-state index in [0.717, 1.165) is 26.1 Å². The minimum absolute atomic E-state index is 0. The molecule has 156 valence electrons. The van der Waals surface area contributed by atoms with Crippen molar-refractivity contribution in [1.82, 2.24) is 14.8 Å². The molecule has 2 heterocycles. The van der Waals surface area contributed by atoms with Crippen molar-refractivity contribution in [2.24, 2.45) is 0 Å². The van der Waals surface area contributed by atoms with Crippen molar-refractivity contribution in [1.29, 1.82) is 0 Å². The Morgan fingerprint density at radius 1 is 1.00 bits per heavy atom. The Balaban J connectivity index is 0. The molecule has 0 amide bonds. The molecule has 0 aromatic carbocycles. The minimum Gasteiger partial charge on any atom is -0.346 e. The molecule has 0 bridgehead atoms. The van der Waals surface area contributed by atoms with Gasteiger partial charge in [-0.2, -0.15) is 0 Å². The van der Waals surface area contributed by atoms with Gasteiger partial charge in [-0.05, 0) is 39.4 Å². The Morgan fingerprint density at radius 2 is 1.69 bits per heavy atom. The molecular formula is C18H37Br3N4S. The number of rotatable bonds is 10. The fraction of sp³-hybridized carbons (Fsp3) is 0.833. The number of aromatic nitrogens is 1. The van der Waals surface area contributed by atoms with E-state index >= 15 is 0 Å². The third-order valence-electron chi connectivity index (χ3n) is 4.61. The number of nitrogens with zero attached hydrogens (tertiary/aromatic N) is 4. The van der Waals surface area contributed by atoms with Crippen LogP contribution >= 0.6 is 62.3 Å². The average molecular weight is 581 g/mol. The molecule has 1 aliphatic heterocycles. The quantitative estimate of drug-likeness (QED) is 0.360. The lowest BCUT2D eigenvalue weighted by atomic mass is 10.2. The van der Waals surface area contributed by atoms with Gasteiger partial charge in [-0.25, -0.2) is 4.98 Å². The van der Waals surface area contributed by atoms with Crippen molar-refractivity contribution in [3.63, 3.8) is 0 Å². The molecular weight excluding hydrogens is 544 g/mol. The highest BCUT2D eigenvalue weighted by atomic mass is 79.9. The van der Waals surface area contributed by atoms with E-state index in [0.29, 0.717) is 0 Å². The maximum atomic E-state index is 4.67. The molecule has 0 atom stereocenters. The molecule has 0 N–H and O–H groups in total. The van der Waals surface area contributed by atoms with E-state index in [1.54, 1.807) is 0 Å². The molecule has 0 aliphatic carbocycles. The molecule has 1 aromatic rings. The number of thiazole rings is 1. The summed E-state index contributed by atoms with van der Waals surface area (Å²) in [4.78, 5) is 13.6. The number of likely N-dealkylation sites (N-methyl/N-ethyl adjacent to an activating group) is 1. The Hall–Kier alpha value is 0.790. The highest BCUT2D eigenvalue weighted by Gasteiger charge is 2.18. The van der Waals surface area contributed by atoms with Gasteiger partial charge in [0.05, 0.1) is 0 Å². The lowest BCUT2D eigenvalue weighted by molar-refractivity contribution is 0.258. The Labute approximate surface area is 196 Å². The minimum atomic E-state index is 0. The number of anilines is 1. The number of piperazine rings is 1. The first kappa shape index (κ1) is 29.0. The Kier molecular flexibility index (Phi) is 18.6. The fourth-order valence-electron chi connectivity index (χ4n) is 3.08. The van der Waals surface area contributed by atoms with Gasteiger partial charge in [0.1, 0.15) is 0 Å². The number of halogens is 3. The maximum absolute atomic E-state index is 4.67. The highest BCUT2D eigenvalue weighted by molar-refractivity contribution is 8.93. The van der Waals surface area contributed by atoms with E-state index < -0.39 is 0 Å². The summed E-state index contributed by atoms with van der Waals surface area (Å²) in [7, 11) is 2.24. The zero-order chi connectivity index (χ0) is 16.5. The molecule has 1 saturated heterocycles. The molecule has 26 heavy (non-hydrogen) atoms. The first-order valence-electron chi connectivity index (χ1n) is 9.33. The molecule has 4 nitrogen and oxygen atoms in total. The largest absolute Gasteiger partial charge is 0.346 e. The van der Waals surface area contributed by atoms with Crippen molar-refractivity contribution in [3.05, 3.63) is 11.1 Å². The van der Waals surface area contributed by atoms with Gasteiger partial charge < -0.3 is 9.80 Å². The van der Waals surface area contributed by atoms with Gasteiger partial charge in [0.25, 0.3) is 0 Å². The molecule has 0 unspecified atom stereocenters. The van der Waals surface area contributed by atoms with Crippen LogP contribution in [0.5, 0.6) is 0 Å². The summed E-state index contributed by atoms with van der Waals surface area (Å²) >= 11 is 1.89. The molecule has 2 rings (SSSR count). The van der Waals surface area contributed by atoms with Crippen LogP contribution in [0.1, 0.15) is 44.4 Å². The molecule has 0 radical (unpaired) electrons. The molecule has 8 heteroatoms. The van der Waals surface area contributed by atoms with Gasteiger partial charge in [-0.1, -0.05) is 26.7 Å². The number of hydrogen-bond donors (Lipinski definition) is 0. The van der Waals surface area contributed by atoms with Gasteiger partial charge in [0.2, 0.25) is 0 Å². The van der Waals surface area contributed by atoms with Crippen molar-refractivity contribution in [2.45, 2.75) is 46.0 Å². The smallest absolute Gasteiger partial charge is 0.185 e. The van der Waals surface area contributed by atoms with E-state index in [2.05, 4.69) is 46.8 Å². The topological polar surface area (TPSA) is 22.6 Å². The summed E-state index contributed by atoms with van der Waals surface area (Å²) in [6.45, 7) is 12.8. The Morgan fingerprint density at radius 3 is 2.31 bits per heavy atom. The van der Waals surface area contributed by atoms with Crippen LogP contribution in [0, 0.1) is 0 Å². The van der Waals surface area contributed by atoms with E-state index in [1.807, 2.05) is 11.3 Å². The summed E-state index contributed by atoms with van der Waals surface area (Å²) in [5, 5.41) is 1.23.